The van der Waals surface area contributed by atoms with Crippen molar-refractivity contribution < 1.29 is 23.5 Å². The van der Waals surface area contributed by atoms with Crippen LogP contribution in [0, 0.1) is 9.39 Å². The summed E-state index contributed by atoms with van der Waals surface area (Å²) in [5.41, 5.74) is 1.20. The van der Waals surface area contributed by atoms with E-state index in [0.717, 1.165) is 5.56 Å². The highest BCUT2D eigenvalue weighted by Gasteiger charge is 2.22. The fourth-order valence-electron chi connectivity index (χ4n) is 2.40. The van der Waals surface area contributed by atoms with Crippen LogP contribution in [-0.2, 0) is 9.59 Å². The van der Waals surface area contributed by atoms with E-state index in [2.05, 4.69) is 33.2 Å². The van der Waals surface area contributed by atoms with Crippen LogP contribution in [0.15, 0.2) is 41.3 Å². The highest BCUT2D eigenvalue weighted by atomic mass is 127. The van der Waals surface area contributed by atoms with Gasteiger partial charge in [0.1, 0.15) is 10.1 Å². The molecule has 0 aromatic heterocycles. The molecule has 0 bridgehead atoms. The van der Waals surface area contributed by atoms with Crippen molar-refractivity contribution in [3.63, 3.8) is 0 Å². The number of rotatable bonds is 6. The summed E-state index contributed by atoms with van der Waals surface area (Å²) in [5, 5.41) is 5.18. The van der Waals surface area contributed by atoms with Crippen LogP contribution in [-0.4, -0.2) is 29.9 Å². The van der Waals surface area contributed by atoms with Crippen molar-refractivity contribution in [3.05, 3.63) is 56.3 Å². The summed E-state index contributed by atoms with van der Waals surface area (Å²) >= 11 is 8.24. The highest BCUT2D eigenvalue weighted by Crippen LogP contribution is 2.36. The number of anilines is 1. The number of hydrogen-bond donors (Lipinski definition) is 2. The minimum atomic E-state index is -0.395. The number of ether oxygens (including phenoxy) is 2. The van der Waals surface area contributed by atoms with Crippen molar-refractivity contribution in [2.45, 2.75) is 0 Å². The van der Waals surface area contributed by atoms with Gasteiger partial charge in [0.15, 0.2) is 18.1 Å². The Morgan fingerprint density at radius 1 is 1.34 bits per heavy atom. The first kappa shape index (κ1) is 21.5. The van der Waals surface area contributed by atoms with Gasteiger partial charge in [-0.1, -0.05) is 24.0 Å². The molecule has 2 aromatic rings. The zero-order valence-electron chi connectivity index (χ0n) is 15.0. The first-order valence-electron chi connectivity index (χ1n) is 8.16. The van der Waals surface area contributed by atoms with E-state index in [1.54, 1.807) is 18.2 Å². The van der Waals surface area contributed by atoms with Gasteiger partial charge in [-0.05, 0) is 70.6 Å². The average Bonchev–Trinajstić information content (AvgIpc) is 2.99. The molecule has 29 heavy (non-hydrogen) atoms. The summed E-state index contributed by atoms with van der Waals surface area (Å²) in [6.45, 7) is -0.253. The van der Waals surface area contributed by atoms with Crippen LogP contribution in [0.25, 0.3) is 6.08 Å². The molecule has 2 N–H and O–H groups in total. The standard InChI is InChI=1S/C19H14FIN2O4S2/c1-26-14-7-10(8-15-18(25)23-19(28)29-15)6-13(21)17(14)27-9-16(24)22-12-4-2-11(20)3-5-12/h2-8H,9H2,1H3,(H,22,24)(H,23,25,28)/b15-8-. The van der Waals surface area contributed by atoms with E-state index in [-0.39, 0.29) is 18.3 Å². The van der Waals surface area contributed by atoms with Crippen molar-refractivity contribution >= 4 is 74.5 Å². The van der Waals surface area contributed by atoms with E-state index in [4.69, 9.17) is 21.7 Å². The number of hydrogen-bond acceptors (Lipinski definition) is 6. The topological polar surface area (TPSA) is 76.7 Å². The Kier molecular flexibility index (Phi) is 7.09. The molecule has 0 unspecified atom stereocenters. The molecule has 1 heterocycles. The summed E-state index contributed by atoms with van der Waals surface area (Å²) in [4.78, 5) is 24.4. The molecular formula is C19H14FIN2O4S2. The van der Waals surface area contributed by atoms with Gasteiger partial charge >= 0.3 is 0 Å². The van der Waals surface area contributed by atoms with Gasteiger partial charge in [0, 0.05) is 5.69 Å². The predicted molar refractivity (Wildman–Crippen MR) is 123 cm³/mol. The first-order valence-corrected chi connectivity index (χ1v) is 10.5. The fraction of sp³-hybridized carbons (Fsp3) is 0.105. The van der Waals surface area contributed by atoms with Crippen molar-refractivity contribution in [2.75, 3.05) is 19.0 Å². The third-order valence-electron chi connectivity index (χ3n) is 3.67. The van der Waals surface area contributed by atoms with Gasteiger partial charge in [0.2, 0.25) is 0 Å². The lowest BCUT2D eigenvalue weighted by Gasteiger charge is -2.14. The third-order valence-corrected chi connectivity index (χ3v) is 5.63. The zero-order chi connectivity index (χ0) is 21.0. The lowest BCUT2D eigenvalue weighted by Crippen LogP contribution is -2.20. The van der Waals surface area contributed by atoms with Gasteiger partial charge < -0.3 is 20.1 Å². The van der Waals surface area contributed by atoms with E-state index in [1.165, 1.54) is 43.1 Å². The summed E-state index contributed by atoms with van der Waals surface area (Å²) in [7, 11) is 1.49. The van der Waals surface area contributed by atoms with Crippen LogP contribution in [0.2, 0.25) is 0 Å². The van der Waals surface area contributed by atoms with Crippen LogP contribution >= 0.6 is 46.6 Å². The van der Waals surface area contributed by atoms with Crippen molar-refractivity contribution in [1.29, 1.82) is 0 Å². The van der Waals surface area contributed by atoms with Gasteiger partial charge in [-0.3, -0.25) is 9.59 Å². The largest absolute Gasteiger partial charge is 0.493 e. The summed E-state index contributed by atoms with van der Waals surface area (Å²) < 4.78 is 25.1. The monoisotopic (exact) mass is 544 g/mol. The highest BCUT2D eigenvalue weighted by molar-refractivity contribution is 14.1. The molecule has 1 aliphatic heterocycles. The van der Waals surface area contributed by atoms with E-state index in [9.17, 15) is 14.0 Å². The summed E-state index contributed by atoms with van der Waals surface area (Å²) in [6.07, 6.45) is 1.70. The number of thioether (sulfide) groups is 1. The Labute approximate surface area is 189 Å². The number of nitrogens with one attached hydrogen (secondary N) is 2. The molecule has 2 aromatic carbocycles. The summed E-state index contributed by atoms with van der Waals surface area (Å²) in [5.74, 6) is -0.197. The molecule has 10 heteroatoms. The number of amides is 2. The number of benzene rings is 2. The molecule has 0 radical (unpaired) electrons. The Morgan fingerprint density at radius 3 is 2.69 bits per heavy atom. The number of carbonyl (C=O) groups excluding carboxylic acids is 2. The summed E-state index contributed by atoms with van der Waals surface area (Å²) in [6, 6.07) is 8.94. The smallest absolute Gasteiger partial charge is 0.263 e. The van der Waals surface area contributed by atoms with Gasteiger partial charge in [0.25, 0.3) is 11.8 Å². The van der Waals surface area contributed by atoms with Gasteiger partial charge in [-0.15, -0.1) is 0 Å². The molecular weight excluding hydrogens is 530 g/mol. The minimum absolute atomic E-state index is 0.244. The molecule has 0 spiro atoms. The van der Waals surface area contributed by atoms with Crippen LogP contribution in [0.3, 0.4) is 0 Å². The molecule has 1 fully saturated rings. The van der Waals surface area contributed by atoms with Crippen LogP contribution in [0.1, 0.15) is 5.56 Å². The van der Waals surface area contributed by atoms with Crippen LogP contribution in [0.5, 0.6) is 11.5 Å². The Morgan fingerprint density at radius 2 is 2.07 bits per heavy atom. The SMILES string of the molecule is COc1cc(/C=C2\SC(=S)NC2=O)cc(I)c1OCC(=O)Nc1ccc(F)cc1. The third kappa shape index (κ3) is 5.67. The number of halogens is 2. The lowest BCUT2D eigenvalue weighted by atomic mass is 10.2. The molecule has 2 amide bonds. The quantitative estimate of drug-likeness (QED) is 0.326. The molecule has 1 aliphatic rings. The van der Waals surface area contributed by atoms with Crippen molar-refractivity contribution in [1.82, 2.24) is 5.32 Å². The van der Waals surface area contributed by atoms with Crippen LogP contribution in [0.4, 0.5) is 10.1 Å². The molecule has 0 saturated carbocycles. The molecule has 6 nitrogen and oxygen atoms in total. The molecule has 3 rings (SSSR count). The number of methoxy groups -OCH3 is 1. The molecule has 0 aliphatic carbocycles. The van der Waals surface area contributed by atoms with Crippen LogP contribution < -0.4 is 20.1 Å². The normalized spacial score (nSPS) is 14.7. The van der Waals surface area contributed by atoms with Gasteiger partial charge in [-0.2, -0.15) is 0 Å². The van der Waals surface area contributed by atoms with Crippen molar-refractivity contribution in [2.24, 2.45) is 0 Å². The first-order chi connectivity index (χ1) is 13.9. The molecule has 150 valence electrons. The number of thiocarbonyl (C=S) groups is 1. The maximum atomic E-state index is 12.9. The predicted octanol–water partition coefficient (Wildman–Crippen LogP) is 3.95. The fourth-order valence-corrected chi connectivity index (χ4v) is 4.23. The second-order valence-electron chi connectivity index (χ2n) is 5.73. The minimum Gasteiger partial charge on any atom is -0.493 e. The van der Waals surface area contributed by atoms with E-state index in [1.807, 2.05) is 0 Å². The second kappa shape index (κ2) is 9.55. The van der Waals surface area contributed by atoms with E-state index < -0.39 is 5.91 Å². The van der Waals surface area contributed by atoms with E-state index in [0.29, 0.717) is 30.0 Å². The Bertz CT molecular complexity index is 1010. The zero-order valence-corrected chi connectivity index (χ0v) is 18.7. The average molecular weight is 544 g/mol. The Hall–Kier alpha value is -2.18. The molecule has 1 saturated heterocycles. The van der Waals surface area contributed by atoms with E-state index >= 15 is 0 Å². The number of carbonyl (C=O) groups is 2. The molecule has 0 atom stereocenters. The Balaban J connectivity index is 1.71. The maximum Gasteiger partial charge on any atom is 0.263 e. The maximum absolute atomic E-state index is 12.9. The van der Waals surface area contributed by atoms with Gasteiger partial charge in [-0.25, -0.2) is 4.39 Å². The lowest BCUT2D eigenvalue weighted by molar-refractivity contribution is -0.118. The second-order valence-corrected chi connectivity index (χ2v) is 8.61. The van der Waals surface area contributed by atoms with Crippen molar-refractivity contribution in [3.8, 4) is 11.5 Å². The van der Waals surface area contributed by atoms with Gasteiger partial charge in [0.05, 0.1) is 15.6 Å².